The van der Waals surface area contributed by atoms with Crippen molar-refractivity contribution in [1.82, 2.24) is 10.2 Å². The predicted octanol–water partition coefficient (Wildman–Crippen LogP) is 0.110. The summed E-state index contributed by atoms with van der Waals surface area (Å²) in [5.41, 5.74) is 1.87. The van der Waals surface area contributed by atoms with Crippen molar-refractivity contribution in [1.29, 1.82) is 0 Å². The molecule has 0 spiro atoms. The van der Waals surface area contributed by atoms with Crippen molar-refractivity contribution in [3.05, 3.63) is 24.3 Å². The molecule has 0 aliphatic carbocycles. The topological polar surface area (TPSA) is 102 Å². The van der Waals surface area contributed by atoms with Crippen LogP contribution in [0.15, 0.2) is 24.3 Å². The van der Waals surface area contributed by atoms with E-state index in [2.05, 4.69) is 15.5 Å². The number of carbonyl (C=O) groups excluding carboxylic acids is 2. The maximum atomic E-state index is 11.9. The fourth-order valence-corrected chi connectivity index (χ4v) is 3.18. The summed E-state index contributed by atoms with van der Waals surface area (Å²) in [6.45, 7) is 3.00. The van der Waals surface area contributed by atoms with Gasteiger partial charge in [0.15, 0.2) is 0 Å². The van der Waals surface area contributed by atoms with Gasteiger partial charge in [0.2, 0.25) is 11.8 Å². The summed E-state index contributed by atoms with van der Waals surface area (Å²) < 4.78 is 0. The Kier molecular flexibility index (Phi) is 5.18. The number of nitrogens with one attached hydrogen (secondary N) is 2. The van der Waals surface area contributed by atoms with Gasteiger partial charge in [0.1, 0.15) is 6.04 Å². The lowest BCUT2D eigenvalue weighted by Gasteiger charge is -2.35. The number of piperidine rings is 1. The minimum Gasteiger partial charge on any atom is -0.480 e. The van der Waals surface area contributed by atoms with Crippen molar-refractivity contribution in [2.24, 2.45) is 0 Å². The van der Waals surface area contributed by atoms with Crippen molar-refractivity contribution in [3.63, 3.8) is 0 Å². The van der Waals surface area contributed by atoms with Crippen LogP contribution in [0.5, 0.6) is 0 Å². The summed E-state index contributed by atoms with van der Waals surface area (Å²) in [5, 5.41) is 14.4. The Morgan fingerprint density at radius 3 is 2.68 bits per heavy atom. The van der Waals surface area contributed by atoms with Crippen LogP contribution in [-0.4, -0.2) is 66.6 Å². The van der Waals surface area contributed by atoms with Gasteiger partial charge in [0.05, 0.1) is 6.54 Å². The number of hydrogen-bond acceptors (Lipinski definition) is 6. The van der Waals surface area contributed by atoms with E-state index in [-0.39, 0.29) is 18.4 Å². The third kappa shape index (κ3) is 4.48. The number of piperazine rings is 1. The molecule has 1 unspecified atom stereocenters. The minimum atomic E-state index is -0.802. The molecule has 134 valence electrons. The number of aliphatic carboxylic acids is 1. The molecule has 1 aromatic carbocycles. The molecule has 0 saturated carbocycles. The van der Waals surface area contributed by atoms with Crippen LogP contribution in [0.3, 0.4) is 0 Å². The molecule has 2 aliphatic heterocycles. The maximum absolute atomic E-state index is 11.9. The molecule has 2 saturated heterocycles. The molecular weight excluding hydrogens is 324 g/mol. The van der Waals surface area contributed by atoms with E-state index in [1.54, 1.807) is 0 Å². The van der Waals surface area contributed by atoms with E-state index in [1.165, 1.54) is 0 Å². The number of nitrogens with zero attached hydrogens (tertiary/aromatic N) is 2. The second-order valence-corrected chi connectivity index (χ2v) is 6.36. The van der Waals surface area contributed by atoms with Crippen LogP contribution in [0.1, 0.15) is 12.8 Å². The first-order valence-corrected chi connectivity index (χ1v) is 8.40. The van der Waals surface area contributed by atoms with Gasteiger partial charge >= 0.3 is 5.97 Å². The van der Waals surface area contributed by atoms with E-state index in [9.17, 15) is 14.4 Å². The summed E-state index contributed by atoms with van der Waals surface area (Å²) >= 11 is 0. The van der Waals surface area contributed by atoms with E-state index in [4.69, 9.17) is 5.11 Å². The molecule has 1 aromatic rings. The number of carboxylic acids is 1. The normalized spacial score (nSPS) is 21.8. The molecule has 0 aromatic heterocycles. The number of rotatable bonds is 5. The number of imide groups is 1. The molecule has 8 heteroatoms. The molecule has 2 fully saturated rings. The highest BCUT2D eigenvalue weighted by Gasteiger charge is 2.26. The van der Waals surface area contributed by atoms with Crippen LogP contribution >= 0.6 is 0 Å². The summed E-state index contributed by atoms with van der Waals surface area (Å²) in [7, 11) is 0. The molecule has 2 amide bonds. The molecule has 2 aliphatic rings. The first-order valence-electron chi connectivity index (χ1n) is 8.40. The Hall–Kier alpha value is -2.61. The largest absolute Gasteiger partial charge is 0.480 e. The van der Waals surface area contributed by atoms with Gasteiger partial charge in [-0.2, -0.15) is 0 Å². The SMILES string of the molecule is O=C(O)CN1CCN(c2cccc(NC3CCC(=O)NC3=O)c2)CC1. The molecule has 25 heavy (non-hydrogen) atoms. The molecule has 3 rings (SSSR count). The lowest BCUT2D eigenvalue weighted by Crippen LogP contribution is -2.48. The van der Waals surface area contributed by atoms with Crippen LogP contribution in [-0.2, 0) is 14.4 Å². The third-order valence-electron chi connectivity index (χ3n) is 4.52. The lowest BCUT2D eigenvalue weighted by atomic mass is 10.1. The molecule has 8 nitrogen and oxygen atoms in total. The zero-order valence-corrected chi connectivity index (χ0v) is 13.9. The fourth-order valence-electron chi connectivity index (χ4n) is 3.18. The molecule has 0 radical (unpaired) electrons. The van der Waals surface area contributed by atoms with Crippen LogP contribution in [0.2, 0.25) is 0 Å². The third-order valence-corrected chi connectivity index (χ3v) is 4.52. The van der Waals surface area contributed by atoms with Gasteiger partial charge in [0.25, 0.3) is 0 Å². The van der Waals surface area contributed by atoms with Gasteiger partial charge < -0.3 is 15.3 Å². The van der Waals surface area contributed by atoms with E-state index >= 15 is 0 Å². The Labute approximate surface area is 145 Å². The van der Waals surface area contributed by atoms with Gasteiger partial charge in [-0.25, -0.2) is 0 Å². The summed E-state index contributed by atoms with van der Waals surface area (Å²) in [4.78, 5) is 38.0. The van der Waals surface area contributed by atoms with E-state index in [0.29, 0.717) is 25.9 Å². The number of benzene rings is 1. The first kappa shape index (κ1) is 17.2. The Balaban J connectivity index is 1.59. The number of anilines is 2. The van der Waals surface area contributed by atoms with E-state index in [1.807, 2.05) is 29.2 Å². The summed E-state index contributed by atoms with van der Waals surface area (Å²) in [5.74, 6) is -1.32. The number of amides is 2. The highest BCUT2D eigenvalue weighted by atomic mass is 16.4. The van der Waals surface area contributed by atoms with Gasteiger partial charge in [0, 0.05) is 44.0 Å². The molecular formula is C17H22N4O4. The highest BCUT2D eigenvalue weighted by molar-refractivity contribution is 6.01. The fraction of sp³-hybridized carbons (Fsp3) is 0.471. The molecule has 3 N–H and O–H groups in total. The van der Waals surface area contributed by atoms with Crippen LogP contribution in [0, 0.1) is 0 Å². The number of carbonyl (C=O) groups is 3. The smallest absolute Gasteiger partial charge is 0.317 e. The highest BCUT2D eigenvalue weighted by Crippen LogP contribution is 2.22. The van der Waals surface area contributed by atoms with Gasteiger partial charge in [-0.15, -0.1) is 0 Å². The van der Waals surface area contributed by atoms with Crippen molar-refractivity contribution in [2.45, 2.75) is 18.9 Å². The molecule has 1 atom stereocenters. The maximum Gasteiger partial charge on any atom is 0.317 e. The predicted molar refractivity (Wildman–Crippen MR) is 92.5 cm³/mol. The molecule has 2 heterocycles. The summed E-state index contributed by atoms with van der Waals surface area (Å²) in [6.07, 6.45) is 0.831. The van der Waals surface area contributed by atoms with Crippen molar-refractivity contribution in [2.75, 3.05) is 42.9 Å². The summed E-state index contributed by atoms with van der Waals surface area (Å²) in [6, 6.07) is 7.40. The zero-order valence-electron chi connectivity index (χ0n) is 13.9. The number of hydrogen-bond donors (Lipinski definition) is 3. The average molecular weight is 346 g/mol. The second-order valence-electron chi connectivity index (χ2n) is 6.36. The van der Waals surface area contributed by atoms with Crippen LogP contribution in [0.4, 0.5) is 11.4 Å². The quantitative estimate of drug-likeness (QED) is 0.651. The first-order chi connectivity index (χ1) is 12.0. The van der Waals surface area contributed by atoms with Gasteiger partial charge in [-0.1, -0.05) is 6.07 Å². The van der Waals surface area contributed by atoms with E-state index in [0.717, 1.165) is 24.5 Å². The Bertz CT molecular complexity index is 670. The Morgan fingerprint density at radius 1 is 1.24 bits per heavy atom. The van der Waals surface area contributed by atoms with Crippen LogP contribution < -0.4 is 15.5 Å². The van der Waals surface area contributed by atoms with Crippen LogP contribution in [0.25, 0.3) is 0 Å². The number of carboxylic acid groups (broad SMARTS) is 1. The zero-order chi connectivity index (χ0) is 17.8. The standard InChI is InChI=1S/C17H22N4O4/c22-15-5-4-14(17(25)19-15)18-12-2-1-3-13(10-12)21-8-6-20(7-9-21)11-16(23)24/h1-3,10,14,18H,4-9,11H2,(H,23,24)(H,19,22,25). The van der Waals surface area contributed by atoms with Crippen molar-refractivity contribution < 1.29 is 19.5 Å². The van der Waals surface area contributed by atoms with E-state index < -0.39 is 12.0 Å². The van der Waals surface area contributed by atoms with Crippen molar-refractivity contribution in [3.8, 4) is 0 Å². The average Bonchev–Trinajstić information content (AvgIpc) is 2.58. The van der Waals surface area contributed by atoms with Gasteiger partial charge in [-0.3, -0.25) is 24.6 Å². The second kappa shape index (κ2) is 7.52. The van der Waals surface area contributed by atoms with Gasteiger partial charge in [-0.05, 0) is 24.6 Å². The minimum absolute atomic E-state index is 0.0744. The van der Waals surface area contributed by atoms with Crippen molar-refractivity contribution >= 4 is 29.2 Å². The monoisotopic (exact) mass is 346 g/mol. The molecule has 0 bridgehead atoms. The lowest BCUT2D eigenvalue weighted by molar-refractivity contribution is -0.138. The Morgan fingerprint density at radius 2 is 2.00 bits per heavy atom.